The van der Waals surface area contributed by atoms with Gasteiger partial charge in [0.05, 0.1) is 19.1 Å². The van der Waals surface area contributed by atoms with Gasteiger partial charge in [-0.15, -0.1) is 0 Å². The molecule has 0 radical (unpaired) electrons. The number of nitrogens with zero attached hydrogens (tertiary/aromatic N) is 1. The molecule has 1 saturated heterocycles. The summed E-state index contributed by atoms with van der Waals surface area (Å²) in [4.78, 5) is 37.9. The Morgan fingerprint density at radius 2 is 2.08 bits per heavy atom. The Morgan fingerprint density at radius 3 is 2.69 bits per heavy atom. The monoisotopic (exact) mass is 362 g/mol. The fraction of sp³-hybridized carbons (Fsp3) is 0.526. The molecule has 7 nitrogen and oxygen atoms in total. The first-order valence-corrected chi connectivity index (χ1v) is 8.77. The van der Waals surface area contributed by atoms with E-state index in [4.69, 9.17) is 9.84 Å². The van der Waals surface area contributed by atoms with Crippen molar-refractivity contribution in [1.82, 2.24) is 10.2 Å². The Hall–Kier alpha value is -2.41. The first kappa shape index (κ1) is 19.9. The van der Waals surface area contributed by atoms with Gasteiger partial charge in [0.1, 0.15) is 6.04 Å². The van der Waals surface area contributed by atoms with Crippen LogP contribution in [0, 0.1) is 12.8 Å². The molecule has 0 aliphatic carbocycles. The summed E-state index contributed by atoms with van der Waals surface area (Å²) in [7, 11) is 0. The van der Waals surface area contributed by atoms with E-state index in [2.05, 4.69) is 5.32 Å². The second-order valence-electron chi connectivity index (χ2n) is 6.94. The molecule has 2 amide bonds. The van der Waals surface area contributed by atoms with Gasteiger partial charge in [-0.2, -0.15) is 0 Å². The lowest BCUT2D eigenvalue weighted by atomic mass is 10.0. The highest BCUT2D eigenvalue weighted by molar-refractivity contribution is 5.97. The molecule has 142 valence electrons. The van der Waals surface area contributed by atoms with Crippen molar-refractivity contribution in [2.45, 2.75) is 39.3 Å². The number of nitrogens with one attached hydrogen (secondary N) is 1. The molecule has 0 saturated carbocycles. The van der Waals surface area contributed by atoms with E-state index in [-0.39, 0.29) is 30.7 Å². The predicted molar refractivity (Wildman–Crippen MR) is 95.8 cm³/mol. The van der Waals surface area contributed by atoms with Crippen molar-refractivity contribution in [2.24, 2.45) is 5.92 Å². The summed E-state index contributed by atoms with van der Waals surface area (Å²) in [6.07, 6.45) is -0.670. The van der Waals surface area contributed by atoms with Crippen LogP contribution in [0.15, 0.2) is 24.3 Å². The SMILES string of the molecule is Cc1cccc(C(=O)NC(C(=O)N2CCOC(CC(=O)O)C2)C(C)C)c1. The van der Waals surface area contributed by atoms with Crippen LogP contribution >= 0.6 is 0 Å². The van der Waals surface area contributed by atoms with Gasteiger partial charge in [-0.1, -0.05) is 31.5 Å². The van der Waals surface area contributed by atoms with Gasteiger partial charge in [-0.05, 0) is 25.0 Å². The Balaban J connectivity index is 2.07. The number of rotatable bonds is 6. The van der Waals surface area contributed by atoms with Crippen LogP contribution in [-0.2, 0) is 14.3 Å². The van der Waals surface area contributed by atoms with Gasteiger partial charge in [0.15, 0.2) is 0 Å². The predicted octanol–water partition coefficient (Wildman–Crippen LogP) is 1.45. The summed E-state index contributed by atoms with van der Waals surface area (Å²) in [6, 6.07) is 6.51. The number of morpholine rings is 1. The van der Waals surface area contributed by atoms with Gasteiger partial charge in [0, 0.05) is 18.7 Å². The van der Waals surface area contributed by atoms with Crippen molar-refractivity contribution in [2.75, 3.05) is 19.7 Å². The molecule has 7 heteroatoms. The van der Waals surface area contributed by atoms with E-state index in [1.165, 1.54) is 0 Å². The van der Waals surface area contributed by atoms with Crippen molar-refractivity contribution in [3.8, 4) is 0 Å². The third-order valence-electron chi connectivity index (χ3n) is 4.35. The fourth-order valence-corrected chi connectivity index (χ4v) is 2.96. The summed E-state index contributed by atoms with van der Waals surface area (Å²) >= 11 is 0. The fourth-order valence-electron chi connectivity index (χ4n) is 2.96. The average Bonchev–Trinajstić information content (AvgIpc) is 2.58. The second kappa shape index (κ2) is 8.80. The van der Waals surface area contributed by atoms with Gasteiger partial charge in [0.2, 0.25) is 5.91 Å². The van der Waals surface area contributed by atoms with Gasteiger partial charge in [-0.25, -0.2) is 0 Å². The third kappa shape index (κ3) is 5.29. The Labute approximate surface area is 153 Å². The topological polar surface area (TPSA) is 95.9 Å². The Kier molecular flexibility index (Phi) is 6.74. The maximum Gasteiger partial charge on any atom is 0.306 e. The number of hydrogen-bond acceptors (Lipinski definition) is 4. The molecule has 2 N–H and O–H groups in total. The molecule has 1 aromatic rings. The van der Waals surface area contributed by atoms with Crippen LogP contribution < -0.4 is 5.32 Å². The number of aliphatic carboxylic acids is 1. The second-order valence-corrected chi connectivity index (χ2v) is 6.94. The normalized spacial score (nSPS) is 18.5. The summed E-state index contributed by atoms with van der Waals surface area (Å²) in [5.41, 5.74) is 1.48. The molecule has 1 aliphatic rings. The van der Waals surface area contributed by atoms with Crippen LogP contribution in [0.1, 0.15) is 36.2 Å². The molecule has 1 fully saturated rings. The molecule has 2 atom stereocenters. The molecule has 0 spiro atoms. The minimum atomic E-state index is -0.961. The van der Waals surface area contributed by atoms with Crippen molar-refractivity contribution >= 4 is 17.8 Å². The largest absolute Gasteiger partial charge is 0.481 e. The summed E-state index contributed by atoms with van der Waals surface area (Å²) in [6.45, 7) is 6.54. The van der Waals surface area contributed by atoms with Crippen LogP contribution in [0.4, 0.5) is 0 Å². The quantitative estimate of drug-likeness (QED) is 0.799. The van der Waals surface area contributed by atoms with Crippen LogP contribution in [0.3, 0.4) is 0 Å². The van der Waals surface area contributed by atoms with E-state index in [1.54, 1.807) is 23.1 Å². The minimum Gasteiger partial charge on any atom is -0.481 e. The lowest BCUT2D eigenvalue weighted by Gasteiger charge is -2.35. The molecule has 0 aromatic heterocycles. The number of carbonyl (C=O) groups excluding carboxylic acids is 2. The Morgan fingerprint density at radius 1 is 1.35 bits per heavy atom. The van der Waals surface area contributed by atoms with Crippen LogP contribution in [0.5, 0.6) is 0 Å². The molecule has 2 unspecified atom stereocenters. The maximum absolute atomic E-state index is 12.9. The van der Waals surface area contributed by atoms with Gasteiger partial charge in [0.25, 0.3) is 5.91 Å². The molecular formula is C19H26N2O5. The number of carboxylic acid groups (broad SMARTS) is 1. The molecule has 1 aliphatic heterocycles. The van der Waals surface area contributed by atoms with Gasteiger partial charge < -0.3 is 20.1 Å². The lowest BCUT2D eigenvalue weighted by molar-refractivity contribution is -0.149. The zero-order valence-electron chi connectivity index (χ0n) is 15.4. The highest BCUT2D eigenvalue weighted by Crippen LogP contribution is 2.14. The molecule has 2 rings (SSSR count). The highest BCUT2D eigenvalue weighted by Gasteiger charge is 2.32. The van der Waals surface area contributed by atoms with Crippen molar-refractivity contribution in [3.63, 3.8) is 0 Å². The van der Waals surface area contributed by atoms with Crippen LogP contribution in [0.2, 0.25) is 0 Å². The summed E-state index contributed by atoms with van der Waals surface area (Å²) in [5.74, 6) is -1.56. The highest BCUT2D eigenvalue weighted by atomic mass is 16.5. The average molecular weight is 362 g/mol. The zero-order valence-corrected chi connectivity index (χ0v) is 15.4. The van der Waals surface area contributed by atoms with Crippen LogP contribution in [0.25, 0.3) is 0 Å². The number of benzene rings is 1. The molecule has 26 heavy (non-hydrogen) atoms. The summed E-state index contributed by atoms with van der Waals surface area (Å²) in [5, 5.41) is 11.7. The molecular weight excluding hydrogens is 336 g/mol. The van der Waals surface area contributed by atoms with Gasteiger partial charge >= 0.3 is 5.97 Å². The number of carboxylic acids is 1. The number of aryl methyl sites for hydroxylation is 1. The minimum absolute atomic E-state index is 0.1000. The van der Waals surface area contributed by atoms with Crippen molar-refractivity contribution in [1.29, 1.82) is 0 Å². The van der Waals surface area contributed by atoms with E-state index < -0.39 is 18.1 Å². The van der Waals surface area contributed by atoms with E-state index in [0.29, 0.717) is 18.7 Å². The smallest absolute Gasteiger partial charge is 0.306 e. The number of carbonyl (C=O) groups is 3. The first-order chi connectivity index (χ1) is 12.3. The maximum atomic E-state index is 12.9. The lowest BCUT2D eigenvalue weighted by Crippen LogP contribution is -2.55. The van der Waals surface area contributed by atoms with Crippen molar-refractivity contribution in [3.05, 3.63) is 35.4 Å². The molecule has 0 bridgehead atoms. The number of ether oxygens (including phenoxy) is 1. The number of amides is 2. The van der Waals surface area contributed by atoms with E-state index in [0.717, 1.165) is 5.56 Å². The van der Waals surface area contributed by atoms with E-state index >= 15 is 0 Å². The third-order valence-corrected chi connectivity index (χ3v) is 4.35. The standard InChI is InChI=1S/C19H26N2O5/c1-12(2)17(20-18(24)14-6-4-5-13(3)9-14)19(25)21-7-8-26-15(11-21)10-16(22)23/h4-6,9,12,15,17H,7-8,10-11H2,1-3H3,(H,20,24)(H,22,23). The molecule has 1 heterocycles. The van der Waals surface area contributed by atoms with E-state index in [1.807, 2.05) is 26.8 Å². The molecule has 1 aromatic carbocycles. The zero-order chi connectivity index (χ0) is 19.3. The Bertz CT molecular complexity index is 674. The van der Waals surface area contributed by atoms with E-state index in [9.17, 15) is 14.4 Å². The van der Waals surface area contributed by atoms with Crippen molar-refractivity contribution < 1.29 is 24.2 Å². The number of hydrogen-bond donors (Lipinski definition) is 2. The first-order valence-electron chi connectivity index (χ1n) is 8.77. The van der Waals surface area contributed by atoms with Crippen LogP contribution in [-0.4, -0.2) is 59.6 Å². The van der Waals surface area contributed by atoms with Gasteiger partial charge in [-0.3, -0.25) is 14.4 Å². The summed E-state index contributed by atoms with van der Waals surface area (Å²) < 4.78 is 5.41.